The highest BCUT2D eigenvalue weighted by Gasteiger charge is 2.34. The fraction of sp³-hybridized carbons (Fsp3) is 0.600. The van der Waals surface area contributed by atoms with Crippen LogP contribution in [0.15, 0.2) is 18.2 Å². The van der Waals surface area contributed by atoms with E-state index in [1.807, 2.05) is 6.92 Å². The zero-order chi connectivity index (χ0) is 13.3. The Bertz CT molecular complexity index is 407. The van der Waals surface area contributed by atoms with Gasteiger partial charge in [0.1, 0.15) is 6.10 Å². The molecule has 1 fully saturated rings. The van der Waals surface area contributed by atoms with Crippen LogP contribution in [0.1, 0.15) is 32.3 Å². The van der Waals surface area contributed by atoms with Crippen LogP contribution in [-0.2, 0) is 0 Å². The van der Waals surface area contributed by atoms with E-state index in [4.69, 9.17) is 4.74 Å². The molecule has 100 valence electrons. The lowest BCUT2D eigenvalue weighted by molar-refractivity contribution is -0.0403. The monoisotopic (exact) mass is 252 g/mol. The van der Waals surface area contributed by atoms with Gasteiger partial charge in [-0.15, -0.1) is 0 Å². The van der Waals surface area contributed by atoms with Crippen molar-refractivity contribution in [2.24, 2.45) is 11.8 Å². The van der Waals surface area contributed by atoms with Gasteiger partial charge in [0.15, 0.2) is 11.6 Å². The van der Waals surface area contributed by atoms with Gasteiger partial charge in [0.2, 0.25) is 0 Å². The van der Waals surface area contributed by atoms with Crippen molar-refractivity contribution in [3.8, 4) is 5.75 Å². The molecule has 1 aromatic rings. The van der Waals surface area contributed by atoms with E-state index in [0.717, 1.165) is 18.4 Å². The minimum absolute atomic E-state index is 0.240. The third-order valence-electron chi connectivity index (χ3n) is 3.71. The van der Waals surface area contributed by atoms with Crippen LogP contribution in [0.3, 0.4) is 0 Å². The number of halogens is 1. The summed E-state index contributed by atoms with van der Waals surface area (Å²) < 4.78 is 19.4. The molecule has 0 aliphatic heterocycles. The van der Waals surface area contributed by atoms with Gasteiger partial charge >= 0.3 is 0 Å². The van der Waals surface area contributed by atoms with Crippen LogP contribution in [0.4, 0.5) is 4.39 Å². The standard InChI is InChI=1S/C15H21FO2/c1-9-4-5-12(16)14(8-9)18-15-11(3)6-10(2)7-13(15)17/h4-5,8,10-11,13,15,17H,6-7H2,1-3H3. The molecular weight excluding hydrogens is 231 g/mol. The maximum Gasteiger partial charge on any atom is 0.165 e. The van der Waals surface area contributed by atoms with Gasteiger partial charge in [-0.1, -0.05) is 19.9 Å². The highest BCUT2D eigenvalue weighted by atomic mass is 19.1. The first kappa shape index (κ1) is 13.3. The first-order valence-electron chi connectivity index (χ1n) is 6.58. The van der Waals surface area contributed by atoms with Crippen molar-refractivity contribution in [3.63, 3.8) is 0 Å². The third-order valence-corrected chi connectivity index (χ3v) is 3.71. The SMILES string of the molecule is Cc1ccc(F)c(OC2C(C)CC(C)CC2O)c1. The molecule has 2 rings (SSSR count). The molecule has 3 heteroatoms. The molecule has 0 aromatic heterocycles. The van der Waals surface area contributed by atoms with Crippen molar-refractivity contribution >= 4 is 0 Å². The molecule has 0 radical (unpaired) electrons. The number of ether oxygens (including phenoxy) is 1. The fourth-order valence-electron chi connectivity index (χ4n) is 2.83. The predicted octanol–water partition coefficient (Wildman–Crippen LogP) is 3.31. The van der Waals surface area contributed by atoms with Gasteiger partial charge in [0.25, 0.3) is 0 Å². The quantitative estimate of drug-likeness (QED) is 0.875. The van der Waals surface area contributed by atoms with E-state index in [1.165, 1.54) is 6.07 Å². The number of aryl methyl sites for hydroxylation is 1. The van der Waals surface area contributed by atoms with E-state index in [9.17, 15) is 9.50 Å². The second-order valence-electron chi connectivity index (χ2n) is 5.64. The van der Waals surface area contributed by atoms with Crippen molar-refractivity contribution in [3.05, 3.63) is 29.6 Å². The summed E-state index contributed by atoms with van der Waals surface area (Å²) in [4.78, 5) is 0. The largest absolute Gasteiger partial charge is 0.484 e. The highest BCUT2D eigenvalue weighted by Crippen LogP contribution is 2.33. The van der Waals surface area contributed by atoms with Crippen LogP contribution in [0, 0.1) is 24.6 Å². The lowest BCUT2D eigenvalue weighted by Crippen LogP contribution is -2.43. The number of hydrogen-bond donors (Lipinski definition) is 1. The van der Waals surface area contributed by atoms with Crippen molar-refractivity contribution < 1.29 is 14.2 Å². The Labute approximate surface area is 108 Å². The summed E-state index contributed by atoms with van der Waals surface area (Å²) in [6.45, 7) is 6.08. The van der Waals surface area contributed by atoms with Crippen molar-refractivity contribution in [1.82, 2.24) is 0 Å². The molecule has 18 heavy (non-hydrogen) atoms. The average molecular weight is 252 g/mol. The van der Waals surface area contributed by atoms with E-state index in [1.54, 1.807) is 12.1 Å². The Morgan fingerprint density at radius 2 is 2.00 bits per heavy atom. The number of rotatable bonds is 2. The smallest absolute Gasteiger partial charge is 0.165 e. The first-order chi connectivity index (χ1) is 8.47. The van der Waals surface area contributed by atoms with Gasteiger partial charge in [-0.25, -0.2) is 4.39 Å². The van der Waals surface area contributed by atoms with E-state index in [0.29, 0.717) is 5.92 Å². The Morgan fingerprint density at radius 1 is 1.28 bits per heavy atom. The summed E-state index contributed by atoms with van der Waals surface area (Å²) in [6, 6.07) is 4.81. The minimum Gasteiger partial charge on any atom is -0.484 e. The highest BCUT2D eigenvalue weighted by molar-refractivity contribution is 5.29. The maximum atomic E-state index is 13.6. The molecule has 1 aromatic carbocycles. The van der Waals surface area contributed by atoms with Crippen LogP contribution in [0.5, 0.6) is 5.75 Å². The zero-order valence-electron chi connectivity index (χ0n) is 11.2. The molecule has 4 unspecified atom stereocenters. The van der Waals surface area contributed by atoms with Crippen LogP contribution in [-0.4, -0.2) is 17.3 Å². The van der Waals surface area contributed by atoms with Gasteiger partial charge in [-0.2, -0.15) is 0 Å². The molecule has 1 saturated carbocycles. The normalized spacial score (nSPS) is 32.3. The Balaban J connectivity index is 2.15. The number of aliphatic hydroxyl groups is 1. The van der Waals surface area contributed by atoms with Gasteiger partial charge in [0.05, 0.1) is 6.10 Å². The second kappa shape index (κ2) is 5.27. The molecule has 0 bridgehead atoms. The van der Waals surface area contributed by atoms with Crippen LogP contribution in [0.2, 0.25) is 0 Å². The summed E-state index contributed by atoms with van der Waals surface area (Å²) in [5.74, 6) is 0.625. The summed E-state index contributed by atoms with van der Waals surface area (Å²) in [6.07, 6.45) is 0.915. The van der Waals surface area contributed by atoms with E-state index < -0.39 is 6.10 Å². The molecule has 1 aliphatic carbocycles. The average Bonchev–Trinajstić information content (AvgIpc) is 2.28. The number of aliphatic hydroxyl groups excluding tert-OH is 1. The van der Waals surface area contributed by atoms with Gasteiger partial charge in [-0.05, 0) is 49.3 Å². The van der Waals surface area contributed by atoms with Crippen LogP contribution in [0.25, 0.3) is 0 Å². The minimum atomic E-state index is -0.510. The van der Waals surface area contributed by atoms with E-state index >= 15 is 0 Å². The summed E-state index contributed by atoms with van der Waals surface area (Å²) in [5.41, 5.74) is 0.956. The Kier molecular flexibility index (Phi) is 3.91. The van der Waals surface area contributed by atoms with Crippen molar-refractivity contribution in [2.45, 2.75) is 45.8 Å². The summed E-state index contributed by atoms with van der Waals surface area (Å²) in [5, 5.41) is 10.1. The van der Waals surface area contributed by atoms with Crippen LogP contribution < -0.4 is 4.74 Å². The van der Waals surface area contributed by atoms with Crippen molar-refractivity contribution in [1.29, 1.82) is 0 Å². The molecule has 1 N–H and O–H groups in total. The van der Waals surface area contributed by atoms with Gasteiger partial charge < -0.3 is 9.84 Å². The Morgan fingerprint density at radius 3 is 2.67 bits per heavy atom. The van der Waals surface area contributed by atoms with Crippen molar-refractivity contribution in [2.75, 3.05) is 0 Å². The fourth-order valence-corrected chi connectivity index (χ4v) is 2.83. The van der Waals surface area contributed by atoms with E-state index in [-0.39, 0.29) is 23.6 Å². The molecule has 0 heterocycles. The zero-order valence-corrected chi connectivity index (χ0v) is 11.2. The molecule has 4 atom stereocenters. The van der Waals surface area contributed by atoms with Gasteiger partial charge in [-0.3, -0.25) is 0 Å². The molecule has 2 nitrogen and oxygen atoms in total. The third kappa shape index (κ3) is 2.83. The lowest BCUT2D eigenvalue weighted by Gasteiger charge is -2.36. The summed E-state index contributed by atoms with van der Waals surface area (Å²) in [7, 11) is 0. The molecule has 0 saturated heterocycles. The Hall–Kier alpha value is -1.09. The molecule has 0 amide bonds. The van der Waals surface area contributed by atoms with Crippen LogP contribution >= 0.6 is 0 Å². The molecule has 0 spiro atoms. The molecule has 1 aliphatic rings. The van der Waals surface area contributed by atoms with Gasteiger partial charge in [0, 0.05) is 0 Å². The lowest BCUT2D eigenvalue weighted by atomic mass is 9.79. The molecular formula is C15H21FO2. The number of hydrogen-bond acceptors (Lipinski definition) is 2. The topological polar surface area (TPSA) is 29.5 Å². The summed E-state index contributed by atoms with van der Waals surface area (Å²) >= 11 is 0. The predicted molar refractivity (Wildman–Crippen MR) is 69.1 cm³/mol. The van der Waals surface area contributed by atoms with E-state index in [2.05, 4.69) is 13.8 Å². The second-order valence-corrected chi connectivity index (χ2v) is 5.64. The number of benzene rings is 1. The first-order valence-corrected chi connectivity index (χ1v) is 6.58. The maximum absolute atomic E-state index is 13.6.